The summed E-state index contributed by atoms with van der Waals surface area (Å²) in [7, 11) is -3.95. The van der Waals surface area contributed by atoms with E-state index < -0.39 is 20.7 Å². The van der Waals surface area contributed by atoms with Crippen LogP contribution in [0.1, 0.15) is 20.3 Å². The highest BCUT2D eigenvalue weighted by atomic mass is 35.5. The van der Waals surface area contributed by atoms with Gasteiger partial charge in [0.2, 0.25) is 15.9 Å². The van der Waals surface area contributed by atoms with E-state index in [0.29, 0.717) is 19.5 Å². The van der Waals surface area contributed by atoms with Crippen LogP contribution in [-0.4, -0.2) is 49.7 Å². The van der Waals surface area contributed by atoms with Crippen LogP contribution in [0.2, 0.25) is 5.02 Å². The monoisotopic (exact) mass is 362 g/mol. The van der Waals surface area contributed by atoms with Gasteiger partial charge in [-0.25, -0.2) is 12.8 Å². The van der Waals surface area contributed by atoms with Gasteiger partial charge in [-0.1, -0.05) is 25.4 Å². The lowest BCUT2D eigenvalue weighted by Gasteiger charge is -2.34. The van der Waals surface area contributed by atoms with Gasteiger partial charge in [0.15, 0.2) is 0 Å². The van der Waals surface area contributed by atoms with Gasteiger partial charge in [0, 0.05) is 37.6 Å². The predicted octanol–water partition coefficient (Wildman–Crippen LogP) is 2.36. The molecule has 1 aliphatic heterocycles. The molecule has 1 heterocycles. The van der Waals surface area contributed by atoms with Crippen molar-refractivity contribution >= 4 is 27.5 Å². The lowest BCUT2D eigenvalue weighted by atomic mass is 10.1. The quantitative estimate of drug-likeness (QED) is 0.826. The molecule has 1 aliphatic rings. The predicted molar refractivity (Wildman–Crippen MR) is 86.2 cm³/mol. The number of carbonyl (C=O) groups is 1. The zero-order valence-corrected chi connectivity index (χ0v) is 14.7. The average molecular weight is 363 g/mol. The number of sulfonamides is 1. The van der Waals surface area contributed by atoms with Crippen molar-refractivity contribution in [2.75, 3.05) is 26.2 Å². The van der Waals surface area contributed by atoms with Crippen molar-refractivity contribution in [2.24, 2.45) is 5.92 Å². The van der Waals surface area contributed by atoms with Crippen molar-refractivity contribution in [3.8, 4) is 0 Å². The molecule has 1 aromatic rings. The van der Waals surface area contributed by atoms with Gasteiger partial charge in [-0.3, -0.25) is 4.79 Å². The Morgan fingerprint density at radius 3 is 2.43 bits per heavy atom. The van der Waals surface area contributed by atoms with Crippen LogP contribution in [0.5, 0.6) is 0 Å². The van der Waals surface area contributed by atoms with Crippen molar-refractivity contribution in [1.82, 2.24) is 9.21 Å². The summed E-state index contributed by atoms with van der Waals surface area (Å²) in [5.41, 5.74) is 0. The van der Waals surface area contributed by atoms with Crippen molar-refractivity contribution in [3.05, 3.63) is 29.0 Å². The number of piperazine rings is 1. The van der Waals surface area contributed by atoms with Crippen LogP contribution in [0.3, 0.4) is 0 Å². The van der Waals surface area contributed by atoms with Gasteiger partial charge in [0.05, 0.1) is 0 Å². The molecule has 0 saturated carbocycles. The summed E-state index contributed by atoms with van der Waals surface area (Å²) in [5, 5.41) is 0.163. The third kappa shape index (κ3) is 4.22. The van der Waals surface area contributed by atoms with Gasteiger partial charge in [0.1, 0.15) is 10.7 Å². The Bertz CT molecular complexity index is 686. The number of hydrogen-bond donors (Lipinski definition) is 0. The van der Waals surface area contributed by atoms with Gasteiger partial charge in [0.25, 0.3) is 0 Å². The zero-order chi connectivity index (χ0) is 17.2. The Kier molecular flexibility index (Phi) is 5.65. The lowest BCUT2D eigenvalue weighted by Crippen LogP contribution is -2.50. The average Bonchev–Trinajstić information content (AvgIpc) is 2.49. The third-order valence-electron chi connectivity index (χ3n) is 3.69. The van der Waals surface area contributed by atoms with Gasteiger partial charge in [-0.15, -0.1) is 0 Å². The maximum atomic E-state index is 13.8. The first-order chi connectivity index (χ1) is 10.7. The molecule has 0 aliphatic carbocycles. The van der Waals surface area contributed by atoms with E-state index in [4.69, 9.17) is 11.6 Å². The van der Waals surface area contributed by atoms with E-state index in [0.717, 1.165) is 12.1 Å². The summed E-state index contributed by atoms with van der Waals surface area (Å²) in [4.78, 5) is 13.2. The number of nitrogens with zero attached hydrogens (tertiary/aromatic N) is 2. The molecule has 1 fully saturated rings. The van der Waals surface area contributed by atoms with Crippen LogP contribution < -0.4 is 0 Å². The van der Waals surface area contributed by atoms with E-state index >= 15 is 0 Å². The van der Waals surface area contributed by atoms with E-state index in [1.807, 2.05) is 13.8 Å². The maximum absolute atomic E-state index is 13.8. The maximum Gasteiger partial charge on any atom is 0.246 e. The lowest BCUT2D eigenvalue weighted by molar-refractivity contribution is -0.133. The SMILES string of the molecule is CC(C)CC(=O)N1CCN(S(=O)(=O)c2cc(Cl)ccc2F)CC1. The van der Waals surface area contributed by atoms with E-state index in [-0.39, 0.29) is 29.9 Å². The number of benzene rings is 1. The molecule has 1 saturated heterocycles. The standard InChI is InChI=1S/C15H20ClFN2O3S/c1-11(2)9-15(20)18-5-7-19(8-6-18)23(21,22)14-10-12(16)3-4-13(14)17/h3-4,10-11H,5-9H2,1-2H3. The van der Waals surface area contributed by atoms with Crippen molar-refractivity contribution in [1.29, 1.82) is 0 Å². The Hall–Kier alpha value is -1.18. The van der Waals surface area contributed by atoms with Gasteiger partial charge in [-0.05, 0) is 24.1 Å². The summed E-state index contributed by atoms with van der Waals surface area (Å²) < 4.78 is 40.1. The normalized spacial score (nSPS) is 16.8. The zero-order valence-electron chi connectivity index (χ0n) is 13.1. The molecule has 0 radical (unpaired) electrons. The van der Waals surface area contributed by atoms with E-state index in [9.17, 15) is 17.6 Å². The van der Waals surface area contributed by atoms with E-state index in [1.54, 1.807) is 4.90 Å². The van der Waals surface area contributed by atoms with Gasteiger partial charge >= 0.3 is 0 Å². The first-order valence-corrected chi connectivity index (χ1v) is 9.26. The molecule has 2 rings (SSSR count). The Morgan fingerprint density at radius 2 is 1.87 bits per heavy atom. The van der Waals surface area contributed by atoms with Gasteiger partial charge in [-0.2, -0.15) is 4.31 Å². The van der Waals surface area contributed by atoms with Crippen molar-refractivity contribution < 1.29 is 17.6 Å². The molecule has 1 aromatic carbocycles. The molecule has 5 nitrogen and oxygen atoms in total. The van der Waals surface area contributed by atoms with Crippen LogP contribution in [0, 0.1) is 11.7 Å². The summed E-state index contributed by atoms with van der Waals surface area (Å²) in [6, 6.07) is 3.46. The second-order valence-electron chi connectivity index (χ2n) is 5.96. The highest BCUT2D eigenvalue weighted by molar-refractivity contribution is 7.89. The first-order valence-electron chi connectivity index (χ1n) is 7.45. The minimum atomic E-state index is -3.95. The fourth-order valence-corrected chi connectivity index (χ4v) is 4.22. The fourth-order valence-electron chi connectivity index (χ4n) is 2.47. The third-order valence-corrected chi connectivity index (χ3v) is 5.83. The Morgan fingerprint density at radius 1 is 1.26 bits per heavy atom. The molecule has 0 unspecified atom stereocenters. The Balaban J connectivity index is 2.10. The number of amides is 1. The molecule has 0 bridgehead atoms. The van der Waals surface area contributed by atoms with Crippen LogP contribution in [0.4, 0.5) is 4.39 Å². The number of halogens is 2. The van der Waals surface area contributed by atoms with E-state index in [2.05, 4.69) is 0 Å². The number of hydrogen-bond acceptors (Lipinski definition) is 3. The first kappa shape index (κ1) is 18.2. The molecule has 1 amide bonds. The molecule has 0 aromatic heterocycles. The molecule has 8 heteroatoms. The summed E-state index contributed by atoms with van der Waals surface area (Å²) in [5.74, 6) is -0.552. The largest absolute Gasteiger partial charge is 0.340 e. The molecular weight excluding hydrogens is 343 g/mol. The minimum absolute atomic E-state index is 0.0194. The molecule has 0 atom stereocenters. The van der Waals surface area contributed by atoms with Crippen LogP contribution in [0.15, 0.2) is 23.1 Å². The smallest absolute Gasteiger partial charge is 0.246 e. The van der Waals surface area contributed by atoms with Gasteiger partial charge < -0.3 is 4.90 Å². The number of rotatable bonds is 4. The summed E-state index contributed by atoms with van der Waals surface area (Å²) >= 11 is 5.77. The highest BCUT2D eigenvalue weighted by Crippen LogP contribution is 2.24. The fraction of sp³-hybridized carbons (Fsp3) is 0.533. The molecular formula is C15H20ClFN2O3S. The molecule has 0 N–H and O–H groups in total. The summed E-state index contributed by atoms with van der Waals surface area (Å²) in [6.45, 7) is 4.84. The van der Waals surface area contributed by atoms with Crippen LogP contribution in [-0.2, 0) is 14.8 Å². The molecule has 128 valence electrons. The number of carbonyl (C=O) groups excluding carboxylic acids is 1. The van der Waals surface area contributed by atoms with E-state index in [1.165, 1.54) is 10.4 Å². The van der Waals surface area contributed by atoms with Crippen molar-refractivity contribution in [3.63, 3.8) is 0 Å². The van der Waals surface area contributed by atoms with Crippen LogP contribution >= 0.6 is 11.6 Å². The highest BCUT2D eigenvalue weighted by Gasteiger charge is 2.32. The van der Waals surface area contributed by atoms with Crippen molar-refractivity contribution in [2.45, 2.75) is 25.2 Å². The summed E-state index contributed by atoms with van der Waals surface area (Å²) in [6.07, 6.45) is 0.440. The second-order valence-corrected chi connectivity index (χ2v) is 8.30. The Labute approximate surface area is 141 Å². The molecule has 0 spiro atoms. The topological polar surface area (TPSA) is 57.7 Å². The minimum Gasteiger partial charge on any atom is -0.340 e. The second kappa shape index (κ2) is 7.15. The molecule has 23 heavy (non-hydrogen) atoms. The van der Waals surface area contributed by atoms with Crippen LogP contribution in [0.25, 0.3) is 0 Å².